The molecule has 3 aromatic rings. The first-order chi connectivity index (χ1) is 11.6. The Morgan fingerprint density at radius 3 is 2.83 bits per heavy atom. The molecule has 0 aliphatic carbocycles. The first-order valence-corrected chi connectivity index (χ1v) is 8.31. The van der Waals surface area contributed by atoms with Crippen LogP contribution in [-0.2, 0) is 19.6 Å². The normalized spacial score (nSPS) is 18.0. The monoisotopic (exact) mass is 326 g/mol. The van der Waals surface area contributed by atoms with Crippen molar-refractivity contribution in [3.63, 3.8) is 0 Å². The summed E-state index contributed by atoms with van der Waals surface area (Å²) in [6.45, 7) is 9.74. The molecule has 3 aromatic heterocycles. The predicted molar refractivity (Wildman–Crippen MR) is 88.4 cm³/mol. The summed E-state index contributed by atoms with van der Waals surface area (Å²) in [6, 6.07) is 2.21. The molecule has 0 saturated carbocycles. The van der Waals surface area contributed by atoms with E-state index in [9.17, 15) is 0 Å². The molecule has 0 aromatic carbocycles. The van der Waals surface area contributed by atoms with E-state index < -0.39 is 0 Å². The Kier molecular flexibility index (Phi) is 3.72. The van der Waals surface area contributed by atoms with Gasteiger partial charge in [0.1, 0.15) is 11.6 Å². The topological polar surface area (TPSA) is 64.9 Å². The second-order valence-corrected chi connectivity index (χ2v) is 6.41. The molecule has 4 rings (SSSR count). The molecule has 0 unspecified atom stereocenters. The Hall–Kier alpha value is -2.41. The number of aromatic nitrogens is 5. The summed E-state index contributed by atoms with van der Waals surface area (Å²) in [7, 11) is 0. The average Bonchev–Trinajstić information content (AvgIpc) is 3.28. The van der Waals surface area contributed by atoms with Crippen LogP contribution >= 0.6 is 0 Å². The fraction of sp³-hybridized carbons (Fsp3) is 0.471. The van der Waals surface area contributed by atoms with Gasteiger partial charge >= 0.3 is 0 Å². The van der Waals surface area contributed by atoms with E-state index in [1.807, 2.05) is 43.2 Å². The fourth-order valence-corrected chi connectivity index (χ4v) is 3.44. The van der Waals surface area contributed by atoms with Gasteiger partial charge in [-0.05, 0) is 26.8 Å². The van der Waals surface area contributed by atoms with Crippen LogP contribution < -0.4 is 0 Å². The predicted octanol–water partition coefficient (Wildman–Crippen LogP) is 2.31. The summed E-state index contributed by atoms with van der Waals surface area (Å²) in [4.78, 5) is 7.12. The highest BCUT2D eigenvalue weighted by Gasteiger charge is 2.28. The van der Waals surface area contributed by atoms with Crippen LogP contribution in [0, 0.1) is 13.8 Å². The molecule has 7 nitrogen and oxygen atoms in total. The van der Waals surface area contributed by atoms with Crippen molar-refractivity contribution in [1.82, 2.24) is 29.4 Å². The fourth-order valence-electron chi connectivity index (χ4n) is 3.44. The third kappa shape index (κ3) is 2.54. The number of nitrogens with zero attached hydrogens (tertiary/aromatic N) is 6. The summed E-state index contributed by atoms with van der Waals surface area (Å²) in [5.41, 5.74) is 3.38. The van der Waals surface area contributed by atoms with Crippen LogP contribution in [0.3, 0.4) is 0 Å². The van der Waals surface area contributed by atoms with Gasteiger partial charge in [-0.1, -0.05) is 5.16 Å². The van der Waals surface area contributed by atoms with E-state index in [2.05, 4.69) is 31.6 Å². The van der Waals surface area contributed by atoms with Crippen LogP contribution in [0.5, 0.6) is 0 Å². The highest BCUT2D eigenvalue weighted by Crippen LogP contribution is 2.28. The quantitative estimate of drug-likeness (QED) is 0.736. The first-order valence-electron chi connectivity index (χ1n) is 8.31. The van der Waals surface area contributed by atoms with Crippen molar-refractivity contribution in [2.24, 2.45) is 0 Å². The molecule has 1 atom stereocenters. The molecular formula is C17H22N6O. The number of aryl methyl sites for hydroxylation is 2. The standard InChI is InChI=1S/C17H22N6O/c1-12-16(14(3)24-20-12)11-21-7-8-23-15(9-18-17(23)13(21)2)10-22-6-4-5-19-22/h4-6,9,13H,7-8,10-11H2,1-3H3/t13-/m0/s1. The minimum absolute atomic E-state index is 0.263. The van der Waals surface area contributed by atoms with Crippen molar-refractivity contribution in [2.75, 3.05) is 6.54 Å². The lowest BCUT2D eigenvalue weighted by Crippen LogP contribution is -2.37. The Morgan fingerprint density at radius 1 is 1.25 bits per heavy atom. The van der Waals surface area contributed by atoms with Crippen molar-refractivity contribution >= 4 is 0 Å². The summed E-state index contributed by atoms with van der Waals surface area (Å²) in [6.07, 6.45) is 5.77. The smallest absolute Gasteiger partial charge is 0.138 e. The van der Waals surface area contributed by atoms with E-state index in [0.29, 0.717) is 0 Å². The number of imidazole rings is 1. The Balaban J connectivity index is 1.55. The van der Waals surface area contributed by atoms with Gasteiger partial charge in [0.15, 0.2) is 0 Å². The number of fused-ring (bicyclic) bond motifs is 1. The van der Waals surface area contributed by atoms with Crippen molar-refractivity contribution in [1.29, 1.82) is 0 Å². The van der Waals surface area contributed by atoms with Crippen molar-refractivity contribution in [2.45, 2.75) is 46.4 Å². The third-order valence-electron chi connectivity index (χ3n) is 4.93. The Morgan fingerprint density at radius 2 is 2.12 bits per heavy atom. The van der Waals surface area contributed by atoms with Crippen LogP contribution in [-0.4, -0.2) is 35.9 Å². The zero-order valence-electron chi connectivity index (χ0n) is 14.3. The van der Waals surface area contributed by atoms with Gasteiger partial charge in [-0.2, -0.15) is 5.10 Å². The summed E-state index contributed by atoms with van der Waals surface area (Å²) in [5.74, 6) is 2.03. The van der Waals surface area contributed by atoms with Crippen LogP contribution in [0.15, 0.2) is 29.2 Å². The molecule has 1 aliphatic heterocycles. The largest absolute Gasteiger partial charge is 0.361 e. The van der Waals surface area contributed by atoms with Crippen LogP contribution in [0.4, 0.5) is 0 Å². The van der Waals surface area contributed by atoms with Gasteiger partial charge < -0.3 is 9.09 Å². The van der Waals surface area contributed by atoms with E-state index >= 15 is 0 Å². The molecule has 24 heavy (non-hydrogen) atoms. The van der Waals surface area contributed by atoms with Crippen LogP contribution in [0.2, 0.25) is 0 Å². The highest BCUT2D eigenvalue weighted by atomic mass is 16.5. The van der Waals surface area contributed by atoms with Gasteiger partial charge in [0, 0.05) is 37.6 Å². The molecule has 0 spiro atoms. The van der Waals surface area contributed by atoms with E-state index in [1.165, 1.54) is 11.3 Å². The summed E-state index contributed by atoms with van der Waals surface area (Å²) < 4.78 is 9.56. The third-order valence-corrected chi connectivity index (χ3v) is 4.93. The van der Waals surface area contributed by atoms with Crippen LogP contribution in [0.25, 0.3) is 0 Å². The molecule has 0 saturated heterocycles. The maximum absolute atomic E-state index is 5.30. The van der Waals surface area contributed by atoms with Gasteiger partial charge in [-0.25, -0.2) is 4.98 Å². The van der Waals surface area contributed by atoms with Crippen molar-refractivity contribution in [3.8, 4) is 0 Å². The molecule has 126 valence electrons. The number of rotatable bonds is 4. The Labute approximate surface area is 140 Å². The van der Waals surface area contributed by atoms with Gasteiger partial charge in [-0.15, -0.1) is 0 Å². The molecule has 0 fully saturated rings. The van der Waals surface area contributed by atoms with Gasteiger partial charge in [0.2, 0.25) is 0 Å². The molecule has 7 heteroatoms. The molecule has 4 heterocycles. The zero-order chi connectivity index (χ0) is 16.7. The van der Waals surface area contributed by atoms with Crippen molar-refractivity contribution < 1.29 is 4.52 Å². The maximum Gasteiger partial charge on any atom is 0.138 e. The molecule has 1 aliphatic rings. The van der Waals surface area contributed by atoms with E-state index in [4.69, 9.17) is 4.52 Å². The van der Waals surface area contributed by atoms with Crippen LogP contribution in [0.1, 0.15) is 41.5 Å². The Bertz CT molecular complexity index is 812. The lowest BCUT2D eigenvalue weighted by atomic mass is 10.1. The van der Waals surface area contributed by atoms with Gasteiger partial charge in [0.25, 0.3) is 0 Å². The molecule has 0 amide bonds. The summed E-state index contributed by atoms with van der Waals surface area (Å²) in [5, 5.41) is 8.36. The average molecular weight is 326 g/mol. The molecular weight excluding hydrogens is 304 g/mol. The van der Waals surface area contributed by atoms with Gasteiger partial charge in [-0.3, -0.25) is 9.58 Å². The lowest BCUT2D eigenvalue weighted by molar-refractivity contribution is 0.154. The maximum atomic E-state index is 5.30. The van der Waals surface area contributed by atoms with E-state index in [0.717, 1.165) is 43.5 Å². The zero-order valence-corrected chi connectivity index (χ0v) is 14.3. The minimum atomic E-state index is 0.263. The van der Waals surface area contributed by atoms with E-state index in [1.54, 1.807) is 0 Å². The second-order valence-electron chi connectivity index (χ2n) is 6.41. The lowest BCUT2D eigenvalue weighted by Gasteiger charge is -2.34. The molecule has 0 N–H and O–H groups in total. The first kappa shape index (κ1) is 15.1. The minimum Gasteiger partial charge on any atom is -0.361 e. The SMILES string of the molecule is Cc1noc(C)c1CN1CCn2c(Cn3cccn3)cnc2[C@@H]1C. The molecule has 0 radical (unpaired) electrons. The second kappa shape index (κ2) is 5.90. The van der Waals surface area contributed by atoms with Gasteiger partial charge in [0.05, 0.1) is 30.2 Å². The molecule has 0 bridgehead atoms. The van der Waals surface area contributed by atoms with E-state index in [-0.39, 0.29) is 6.04 Å². The summed E-state index contributed by atoms with van der Waals surface area (Å²) >= 11 is 0. The number of hydrogen-bond acceptors (Lipinski definition) is 5. The number of hydrogen-bond donors (Lipinski definition) is 0. The highest BCUT2D eigenvalue weighted by molar-refractivity contribution is 5.21. The van der Waals surface area contributed by atoms with Crippen molar-refractivity contribution in [3.05, 3.63) is 53.2 Å².